The predicted octanol–water partition coefficient (Wildman–Crippen LogP) is 6.63. The molecule has 138 valence electrons. The van der Waals surface area contributed by atoms with Crippen molar-refractivity contribution in [1.82, 2.24) is 4.90 Å². The van der Waals surface area contributed by atoms with Crippen LogP contribution in [-0.4, -0.2) is 23.0 Å². The second-order valence-corrected chi connectivity index (χ2v) is 9.10. The lowest BCUT2D eigenvalue weighted by molar-refractivity contribution is 0.167. The molecule has 1 aliphatic rings. The molecule has 0 spiro atoms. The summed E-state index contributed by atoms with van der Waals surface area (Å²) in [6.07, 6.45) is 1.78. The van der Waals surface area contributed by atoms with E-state index in [9.17, 15) is 4.79 Å². The van der Waals surface area contributed by atoms with Gasteiger partial charge >= 0.3 is 6.03 Å². The fraction of sp³-hybridized carbons (Fsp3) is 0.350. The molecule has 2 amide bonds. The Balaban J connectivity index is 1.79. The van der Waals surface area contributed by atoms with Gasteiger partial charge in [0.05, 0.1) is 0 Å². The Kier molecular flexibility index (Phi) is 5.85. The van der Waals surface area contributed by atoms with Crippen molar-refractivity contribution in [3.05, 3.63) is 62.5 Å². The van der Waals surface area contributed by atoms with Crippen LogP contribution in [0.25, 0.3) is 0 Å². The zero-order chi connectivity index (χ0) is 18.9. The van der Waals surface area contributed by atoms with Crippen molar-refractivity contribution in [3.8, 4) is 0 Å². The first-order valence-electron chi connectivity index (χ1n) is 8.54. The Morgan fingerprint density at radius 1 is 1.23 bits per heavy atom. The van der Waals surface area contributed by atoms with Gasteiger partial charge in [0.1, 0.15) is 0 Å². The minimum absolute atomic E-state index is 0.118. The fourth-order valence-corrected chi connectivity index (χ4v) is 4.60. The van der Waals surface area contributed by atoms with Crippen LogP contribution < -0.4 is 5.32 Å². The maximum Gasteiger partial charge on any atom is 0.322 e. The van der Waals surface area contributed by atoms with Crippen LogP contribution in [0.5, 0.6) is 0 Å². The van der Waals surface area contributed by atoms with Gasteiger partial charge in [-0.3, -0.25) is 0 Å². The maximum absolute atomic E-state index is 13.0. The molecule has 0 saturated carbocycles. The topological polar surface area (TPSA) is 32.3 Å². The molecule has 3 nitrogen and oxygen atoms in total. The summed E-state index contributed by atoms with van der Waals surface area (Å²) in [7, 11) is 0. The van der Waals surface area contributed by atoms with E-state index < -0.39 is 0 Å². The van der Waals surface area contributed by atoms with Crippen LogP contribution in [0.4, 0.5) is 10.5 Å². The second-order valence-electron chi connectivity index (χ2n) is 7.31. The molecule has 2 aromatic carbocycles. The third-order valence-corrected chi connectivity index (χ3v) is 5.76. The Morgan fingerprint density at radius 3 is 2.46 bits per heavy atom. The number of urea groups is 1. The molecular weight excluding hydrogens is 435 g/mol. The minimum Gasteiger partial charge on any atom is -0.319 e. The standard InChI is InChI=1S/C20H21BrCl2N2O/c1-13-10-20(2,11-14-3-5-15(21)6-4-14)25(12-13)19(26)24-18-8-16(22)7-17(23)9-18/h3-9,13H,10-12H2,1-2H3,(H,24,26)/t13-,20?/m0/s1. The van der Waals surface area contributed by atoms with E-state index in [0.29, 0.717) is 21.7 Å². The van der Waals surface area contributed by atoms with E-state index in [0.717, 1.165) is 23.9 Å². The lowest BCUT2D eigenvalue weighted by Crippen LogP contribution is -2.48. The van der Waals surface area contributed by atoms with Crippen molar-refractivity contribution >= 4 is 50.9 Å². The number of amides is 2. The van der Waals surface area contributed by atoms with Crippen LogP contribution in [0, 0.1) is 5.92 Å². The first-order valence-corrected chi connectivity index (χ1v) is 10.1. The second kappa shape index (κ2) is 7.79. The number of nitrogens with one attached hydrogen (secondary N) is 1. The van der Waals surface area contributed by atoms with E-state index in [1.807, 2.05) is 17.0 Å². The smallest absolute Gasteiger partial charge is 0.319 e. The number of carbonyl (C=O) groups is 1. The number of likely N-dealkylation sites (tertiary alicyclic amines) is 1. The minimum atomic E-state index is -0.236. The van der Waals surface area contributed by atoms with Gasteiger partial charge in [0.2, 0.25) is 0 Å². The SMILES string of the molecule is C[C@@H]1CN(C(=O)Nc2cc(Cl)cc(Cl)c2)C(C)(Cc2ccc(Br)cc2)C1. The van der Waals surface area contributed by atoms with Gasteiger partial charge < -0.3 is 10.2 Å². The number of rotatable bonds is 3. The molecule has 6 heteroatoms. The van der Waals surface area contributed by atoms with Gasteiger partial charge in [0.15, 0.2) is 0 Å². The molecule has 2 atom stereocenters. The number of halogens is 3. The van der Waals surface area contributed by atoms with E-state index in [2.05, 4.69) is 47.2 Å². The molecule has 1 saturated heterocycles. The molecule has 2 aromatic rings. The van der Waals surface area contributed by atoms with Crippen molar-refractivity contribution in [2.24, 2.45) is 5.92 Å². The van der Waals surface area contributed by atoms with Crippen LogP contribution in [0.15, 0.2) is 46.9 Å². The van der Waals surface area contributed by atoms with E-state index >= 15 is 0 Å². The summed E-state index contributed by atoms with van der Waals surface area (Å²) in [5.74, 6) is 0.448. The summed E-state index contributed by atoms with van der Waals surface area (Å²) in [5, 5.41) is 3.95. The Bertz CT molecular complexity index is 792. The average Bonchev–Trinajstić information content (AvgIpc) is 2.83. The third kappa shape index (κ3) is 4.54. The average molecular weight is 456 g/mol. The highest BCUT2D eigenvalue weighted by atomic mass is 79.9. The normalized spacial score (nSPS) is 22.5. The molecule has 1 N–H and O–H groups in total. The zero-order valence-corrected chi connectivity index (χ0v) is 17.8. The van der Waals surface area contributed by atoms with Gasteiger partial charge in [-0.15, -0.1) is 0 Å². The maximum atomic E-state index is 13.0. The monoisotopic (exact) mass is 454 g/mol. The largest absolute Gasteiger partial charge is 0.322 e. The number of hydrogen-bond acceptors (Lipinski definition) is 1. The number of carbonyl (C=O) groups excluding carboxylic acids is 1. The zero-order valence-electron chi connectivity index (χ0n) is 14.7. The summed E-state index contributed by atoms with van der Waals surface area (Å²) < 4.78 is 1.05. The summed E-state index contributed by atoms with van der Waals surface area (Å²) >= 11 is 15.5. The van der Waals surface area contributed by atoms with E-state index in [1.165, 1.54) is 5.56 Å². The van der Waals surface area contributed by atoms with Gasteiger partial charge in [-0.1, -0.05) is 58.2 Å². The molecular formula is C20H21BrCl2N2O. The highest BCUT2D eigenvalue weighted by molar-refractivity contribution is 9.10. The van der Waals surface area contributed by atoms with Crippen LogP contribution in [-0.2, 0) is 6.42 Å². The molecule has 1 aliphatic heterocycles. The van der Waals surface area contributed by atoms with Gasteiger partial charge in [0, 0.05) is 32.3 Å². The van der Waals surface area contributed by atoms with Gasteiger partial charge in [-0.05, 0) is 61.6 Å². The Labute approximate surface area is 172 Å². The molecule has 1 heterocycles. The lowest BCUT2D eigenvalue weighted by Gasteiger charge is -2.35. The van der Waals surface area contributed by atoms with Gasteiger partial charge in [0.25, 0.3) is 0 Å². The van der Waals surface area contributed by atoms with Crippen LogP contribution >= 0.6 is 39.1 Å². The number of anilines is 1. The predicted molar refractivity (Wildman–Crippen MR) is 112 cm³/mol. The van der Waals surface area contributed by atoms with Crippen molar-refractivity contribution in [3.63, 3.8) is 0 Å². The Morgan fingerprint density at radius 2 is 1.85 bits per heavy atom. The van der Waals surface area contributed by atoms with Gasteiger partial charge in [-0.25, -0.2) is 4.79 Å². The van der Waals surface area contributed by atoms with Crippen molar-refractivity contribution in [2.75, 3.05) is 11.9 Å². The van der Waals surface area contributed by atoms with E-state index in [4.69, 9.17) is 23.2 Å². The summed E-state index contributed by atoms with van der Waals surface area (Å²) in [6, 6.07) is 13.2. The highest BCUT2D eigenvalue weighted by Gasteiger charge is 2.43. The van der Waals surface area contributed by atoms with E-state index in [1.54, 1.807) is 18.2 Å². The molecule has 1 fully saturated rings. The summed E-state index contributed by atoms with van der Waals surface area (Å²) in [6.45, 7) is 5.07. The quantitative estimate of drug-likeness (QED) is 0.553. The third-order valence-electron chi connectivity index (χ3n) is 4.79. The molecule has 0 aromatic heterocycles. The van der Waals surface area contributed by atoms with Crippen molar-refractivity contribution in [2.45, 2.75) is 32.2 Å². The molecule has 3 rings (SSSR count). The number of benzene rings is 2. The van der Waals surface area contributed by atoms with Crippen LogP contribution in [0.1, 0.15) is 25.8 Å². The molecule has 0 aliphatic carbocycles. The summed E-state index contributed by atoms with van der Waals surface area (Å²) in [5.41, 5.74) is 1.59. The van der Waals surface area contributed by atoms with Crippen LogP contribution in [0.3, 0.4) is 0 Å². The highest BCUT2D eigenvalue weighted by Crippen LogP contribution is 2.36. The van der Waals surface area contributed by atoms with Crippen molar-refractivity contribution < 1.29 is 4.79 Å². The molecule has 1 unspecified atom stereocenters. The van der Waals surface area contributed by atoms with E-state index in [-0.39, 0.29) is 11.6 Å². The molecule has 0 radical (unpaired) electrons. The molecule has 0 bridgehead atoms. The van der Waals surface area contributed by atoms with Crippen molar-refractivity contribution in [1.29, 1.82) is 0 Å². The lowest BCUT2D eigenvalue weighted by atomic mass is 9.88. The van der Waals surface area contributed by atoms with Crippen LogP contribution in [0.2, 0.25) is 10.0 Å². The molecule has 26 heavy (non-hydrogen) atoms. The summed E-state index contributed by atoms with van der Waals surface area (Å²) in [4.78, 5) is 14.9. The first-order chi connectivity index (χ1) is 12.2. The number of nitrogens with zero attached hydrogens (tertiary/aromatic N) is 1. The Hall–Kier alpha value is -1.23. The first kappa shape index (κ1) is 19.5. The number of hydrogen-bond donors (Lipinski definition) is 1. The van der Waals surface area contributed by atoms with Gasteiger partial charge in [-0.2, -0.15) is 0 Å². The fourth-order valence-electron chi connectivity index (χ4n) is 3.81.